The summed E-state index contributed by atoms with van der Waals surface area (Å²) in [6.45, 7) is 8.48. The molecule has 2 heterocycles. The fourth-order valence-electron chi connectivity index (χ4n) is 4.11. The number of ether oxygens (including phenoxy) is 2. The van der Waals surface area contributed by atoms with Gasteiger partial charge in [0, 0.05) is 46.9 Å². The zero-order chi connectivity index (χ0) is 26.6. The summed E-state index contributed by atoms with van der Waals surface area (Å²) in [6.07, 6.45) is 1.59. The van der Waals surface area contributed by atoms with Crippen LogP contribution in [-0.4, -0.2) is 57.6 Å². The molecule has 1 saturated heterocycles. The Balaban J connectivity index is 1.43. The number of anilines is 1. The number of nitrogens with zero attached hydrogens (tertiary/aromatic N) is 4. The molecule has 11 heteroatoms. The van der Waals surface area contributed by atoms with Crippen LogP contribution < -0.4 is 10.2 Å². The standard InChI is InChI=1S/C26H32Cl2N5O3S/c1-26(2,19-14-23(27)22(24(28)15-19)16-32-10-12-35-13-11-32)18-4-6-21(7-5-18)36-17-20-8-9-29-25(30-20)31-33(3,34)37/h4-9,14-15,34,37H,10-13,16-17H2,1-3H3,(H,29,30,31)/q+1. The second-order valence-corrected chi connectivity index (χ2v) is 11.2. The highest BCUT2D eigenvalue weighted by molar-refractivity contribution is 7.74. The lowest BCUT2D eigenvalue weighted by Crippen LogP contribution is -2.36. The summed E-state index contributed by atoms with van der Waals surface area (Å²) in [5, 5.41) is 11.1. The Hall–Kier alpha value is -2.11. The van der Waals surface area contributed by atoms with Gasteiger partial charge in [-0.3, -0.25) is 4.90 Å². The average molecular weight is 566 g/mol. The molecule has 37 heavy (non-hydrogen) atoms. The number of nitrogens with one attached hydrogen (secondary N) is 1. The largest absolute Gasteiger partial charge is 0.487 e. The van der Waals surface area contributed by atoms with E-state index in [1.807, 2.05) is 36.4 Å². The Kier molecular flexibility index (Phi) is 8.85. The molecule has 0 bridgehead atoms. The molecular weight excluding hydrogens is 533 g/mol. The second-order valence-electron chi connectivity index (χ2n) is 9.64. The van der Waals surface area contributed by atoms with Gasteiger partial charge < -0.3 is 9.47 Å². The van der Waals surface area contributed by atoms with E-state index in [1.54, 1.807) is 12.3 Å². The van der Waals surface area contributed by atoms with Crippen molar-refractivity contribution in [1.82, 2.24) is 14.9 Å². The fourth-order valence-corrected chi connectivity index (χ4v) is 4.81. The Bertz CT molecular complexity index is 1190. The summed E-state index contributed by atoms with van der Waals surface area (Å²) < 4.78 is 10.6. The molecule has 1 aliphatic heterocycles. The monoisotopic (exact) mass is 564 g/mol. The third-order valence-electron chi connectivity index (χ3n) is 6.34. The summed E-state index contributed by atoms with van der Waals surface area (Å²) in [7, 11) is 1.43. The molecule has 1 atom stereocenters. The molecule has 198 valence electrons. The van der Waals surface area contributed by atoms with Crippen LogP contribution in [0.2, 0.25) is 10.0 Å². The van der Waals surface area contributed by atoms with Crippen molar-refractivity contribution in [1.29, 1.82) is 0 Å². The average Bonchev–Trinajstić information content (AvgIpc) is 2.85. The Morgan fingerprint density at radius 1 is 1.11 bits per heavy atom. The van der Waals surface area contributed by atoms with E-state index in [0.29, 0.717) is 28.0 Å². The first-order chi connectivity index (χ1) is 17.5. The van der Waals surface area contributed by atoms with E-state index < -0.39 is 4.16 Å². The van der Waals surface area contributed by atoms with Crippen LogP contribution in [-0.2, 0) is 23.3 Å². The summed E-state index contributed by atoms with van der Waals surface area (Å²) >= 11 is 17.4. The molecule has 0 saturated carbocycles. The van der Waals surface area contributed by atoms with Gasteiger partial charge in [-0.15, -0.1) is 0 Å². The number of aromatic nitrogens is 2. The SMILES string of the molecule is CC(C)(c1ccc(OCc2ccnc(N[N+](C)(O)S)n2)cc1)c1cc(Cl)c(CN2CCOCC2)c(Cl)c1. The van der Waals surface area contributed by atoms with Crippen molar-refractivity contribution in [3.05, 3.63) is 81.1 Å². The highest BCUT2D eigenvalue weighted by atomic mass is 35.5. The van der Waals surface area contributed by atoms with Gasteiger partial charge in [-0.1, -0.05) is 49.2 Å². The lowest BCUT2D eigenvalue weighted by Gasteiger charge is -2.29. The Labute approximate surface area is 233 Å². The van der Waals surface area contributed by atoms with Crippen LogP contribution in [0.1, 0.15) is 36.2 Å². The van der Waals surface area contributed by atoms with Crippen molar-refractivity contribution in [2.75, 3.05) is 38.8 Å². The third kappa shape index (κ3) is 7.48. The van der Waals surface area contributed by atoms with Gasteiger partial charge in [-0.25, -0.2) is 9.97 Å². The van der Waals surface area contributed by atoms with E-state index in [0.717, 1.165) is 43.0 Å². The molecule has 0 amide bonds. The summed E-state index contributed by atoms with van der Waals surface area (Å²) in [6, 6.07) is 13.7. The van der Waals surface area contributed by atoms with E-state index in [1.165, 1.54) is 7.05 Å². The molecule has 0 aliphatic carbocycles. The highest BCUT2D eigenvalue weighted by Gasteiger charge is 2.26. The van der Waals surface area contributed by atoms with Gasteiger partial charge in [0.25, 0.3) is 5.95 Å². The first-order valence-electron chi connectivity index (χ1n) is 12.0. The van der Waals surface area contributed by atoms with E-state index in [4.69, 9.17) is 32.7 Å². The molecule has 1 fully saturated rings. The Morgan fingerprint density at radius 2 is 1.76 bits per heavy atom. The number of hydrogen-bond acceptors (Lipinski definition) is 8. The molecule has 2 N–H and O–H groups in total. The van der Waals surface area contributed by atoms with Crippen LogP contribution in [0.5, 0.6) is 5.75 Å². The number of morpholine rings is 1. The van der Waals surface area contributed by atoms with E-state index in [-0.39, 0.29) is 18.0 Å². The number of quaternary nitrogens is 1. The van der Waals surface area contributed by atoms with Crippen LogP contribution in [0.15, 0.2) is 48.7 Å². The minimum atomic E-state index is -0.783. The molecule has 1 unspecified atom stereocenters. The quantitative estimate of drug-likeness (QED) is 0.179. The third-order valence-corrected chi connectivity index (χ3v) is 7.11. The van der Waals surface area contributed by atoms with E-state index in [9.17, 15) is 5.21 Å². The van der Waals surface area contributed by atoms with Gasteiger partial charge in [0.2, 0.25) is 0 Å². The van der Waals surface area contributed by atoms with Crippen LogP contribution in [0.4, 0.5) is 5.95 Å². The van der Waals surface area contributed by atoms with Crippen molar-refractivity contribution in [3.8, 4) is 5.75 Å². The maximum atomic E-state index is 9.71. The molecule has 2 aromatic carbocycles. The molecule has 1 aliphatic rings. The van der Waals surface area contributed by atoms with E-state index in [2.05, 4.69) is 47.0 Å². The lowest BCUT2D eigenvalue weighted by molar-refractivity contribution is -0.955. The zero-order valence-corrected chi connectivity index (χ0v) is 23.5. The first kappa shape index (κ1) is 27.9. The van der Waals surface area contributed by atoms with Gasteiger partial charge in [-0.05, 0) is 45.6 Å². The highest BCUT2D eigenvalue weighted by Crippen LogP contribution is 2.38. The van der Waals surface area contributed by atoms with Crippen LogP contribution in [0.25, 0.3) is 0 Å². The van der Waals surface area contributed by atoms with Crippen molar-refractivity contribution in [2.45, 2.75) is 32.4 Å². The normalized spacial score (nSPS) is 16.3. The topological polar surface area (TPSA) is 79.7 Å². The van der Waals surface area contributed by atoms with Gasteiger partial charge in [0.1, 0.15) is 32.2 Å². The van der Waals surface area contributed by atoms with Gasteiger partial charge in [0.15, 0.2) is 0 Å². The van der Waals surface area contributed by atoms with Crippen LogP contribution in [0, 0.1) is 0 Å². The summed E-state index contributed by atoms with van der Waals surface area (Å²) in [5.74, 6) is 0.952. The number of hydroxylamine groups is 1. The number of thiol groups is 1. The van der Waals surface area contributed by atoms with Crippen molar-refractivity contribution in [2.24, 2.45) is 0 Å². The predicted molar refractivity (Wildman–Crippen MR) is 148 cm³/mol. The molecule has 0 spiro atoms. The van der Waals surface area contributed by atoms with Crippen molar-refractivity contribution >= 4 is 42.0 Å². The number of benzene rings is 2. The summed E-state index contributed by atoms with van der Waals surface area (Å²) in [5.41, 5.74) is 6.08. The van der Waals surface area contributed by atoms with Crippen molar-refractivity contribution < 1.29 is 18.8 Å². The molecular formula is C26H32Cl2N5O3S+. The van der Waals surface area contributed by atoms with Gasteiger partial charge >= 0.3 is 0 Å². The number of hydrogen-bond donors (Lipinski definition) is 3. The fraction of sp³-hybridized carbons (Fsp3) is 0.385. The van der Waals surface area contributed by atoms with Crippen molar-refractivity contribution in [3.63, 3.8) is 0 Å². The summed E-state index contributed by atoms with van der Waals surface area (Å²) in [4.78, 5) is 10.7. The first-order valence-corrected chi connectivity index (χ1v) is 13.1. The van der Waals surface area contributed by atoms with Crippen LogP contribution >= 0.6 is 36.0 Å². The maximum absolute atomic E-state index is 9.71. The molecule has 8 nitrogen and oxygen atoms in total. The van der Waals surface area contributed by atoms with Crippen LogP contribution in [0.3, 0.4) is 0 Å². The molecule has 0 radical (unpaired) electrons. The smallest absolute Gasteiger partial charge is 0.273 e. The predicted octanol–water partition coefficient (Wildman–Crippen LogP) is 5.53. The zero-order valence-electron chi connectivity index (χ0n) is 21.1. The molecule has 3 aromatic rings. The van der Waals surface area contributed by atoms with Gasteiger partial charge in [0.05, 0.1) is 18.9 Å². The Morgan fingerprint density at radius 3 is 2.38 bits per heavy atom. The minimum Gasteiger partial charge on any atom is -0.487 e. The minimum absolute atomic E-state index is 0.242. The lowest BCUT2D eigenvalue weighted by atomic mass is 9.78. The van der Waals surface area contributed by atoms with Gasteiger partial charge in [-0.2, -0.15) is 10.6 Å². The maximum Gasteiger partial charge on any atom is 0.273 e. The molecule has 1 aromatic heterocycles. The van der Waals surface area contributed by atoms with E-state index >= 15 is 0 Å². The number of rotatable bonds is 9. The molecule has 4 rings (SSSR count). The number of halogens is 2. The second kappa shape index (κ2) is 11.7.